The Morgan fingerprint density at radius 3 is 2.71 bits per heavy atom. The lowest BCUT2D eigenvalue weighted by molar-refractivity contribution is 0.102. The van der Waals surface area contributed by atoms with Gasteiger partial charge in [-0.25, -0.2) is 14.8 Å². The monoisotopic (exact) mass is 281 g/mol. The van der Waals surface area contributed by atoms with E-state index in [1.807, 2.05) is 6.07 Å². The van der Waals surface area contributed by atoms with Crippen LogP contribution in [0, 0.1) is 6.92 Å². The first kappa shape index (κ1) is 12.9. The molecule has 0 spiro atoms. The highest BCUT2D eigenvalue weighted by atomic mass is 16.2. The lowest BCUT2D eigenvalue weighted by Crippen LogP contribution is -2.19. The second-order valence-corrected chi connectivity index (χ2v) is 4.42. The van der Waals surface area contributed by atoms with Gasteiger partial charge >= 0.3 is 5.69 Å². The molecule has 3 rings (SSSR count). The Labute approximate surface area is 119 Å². The first-order valence-electron chi connectivity index (χ1n) is 6.23. The molecule has 1 aromatic carbocycles. The van der Waals surface area contributed by atoms with Gasteiger partial charge in [0, 0.05) is 5.56 Å². The lowest BCUT2D eigenvalue weighted by Gasteiger charge is -2.06. The van der Waals surface area contributed by atoms with Gasteiger partial charge in [-0.2, -0.15) is 4.98 Å². The van der Waals surface area contributed by atoms with E-state index in [1.54, 1.807) is 31.2 Å². The second-order valence-electron chi connectivity index (χ2n) is 4.42. The van der Waals surface area contributed by atoms with Gasteiger partial charge in [0.15, 0.2) is 11.5 Å². The molecule has 1 amide bonds. The topological polar surface area (TPSA) is 101 Å². The number of amides is 1. The van der Waals surface area contributed by atoms with Gasteiger partial charge in [-0.15, -0.1) is 0 Å². The van der Waals surface area contributed by atoms with E-state index in [4.69, 9.17) is 0 Å². The van der Waals surface area contributed by atoms with E-state index >= 15 is 0 Å². The van der Waals surface area contributed by atoms with E-state index in [9.17, 15) is 9.59 Å². The smallest absolute Gasteiger partial charge is 0.304 e. The van der Waals surface area contributed by atoms with Crippen LogP contribution in [0.5, 0.6) is 0 Å². The van der Waals surface area contributed by atoms with Crippen molar-refractivity contribution < 1.29 is 4.79 Å². The Morgan fingerprint density at radius 2 is 1.95 bits per heavy atom. The summed E-state index contributed by atoms with van der Waals surface area (Å²) in [4.78, 5) is 38.2. The van der Waals surface area contributed by atoms with Crippen molar-refractivity contribution in [2.24, 2.45) is 0 Å². The minimum Gasteiger partial charge on any atom is -0.304 e. The first-order valence-corrected chi connectivity index (χ1v) is 6.23. The molecule has 7 heteroatoms. The van der Waals surface area contributed by atoms with Gasteiger partial charge < -0.3 is 5.32 Å². The zero-order valence-corrected chi connectivity index (χ0v) is 11.1. The molecule has 7 nitrogen and oxygen atoms in total. The summed E-state index contributed by atoms with van der Waals surface area (Å²) >= 11 is 0. The van der Waals surface area contributed by atoms with Gasteiger partial charge in [0.1, 0.15) is 5.52 Å². The number of rotatable bonds is 2. The number of nitrogens with one attached hydrogen (secondary N) is 2. The maximum absolute atomic E-state index is 12.1. The summed E-state index contributed by atoms with van der Waals surface area (Å²) in [6.07, 6.45) is 1.53. The Morgan fingerprint density at radius 1 is 1.19 bits per heavy atom. The van der Waals surface area contributed by atoms with Gasteiger partial charge in [-0.1, -0.05) is 18.2 Å². The zero-order valence-electron chi connectivity index (χ0n) is 11.1. The number of carbonyl (C=O) groups excluding carboxylic acids is 1. The van der Waals surface area contributed by atoms with E-state index in [2.05, 4.69) is 25.3 Å². The van der Waals surface area contributed by atoms with Crippen LogP contribution in [-0.2, 0) is 0 Å². The van der Waals surface area contributed by atoms with Crippen LogP contribution in [0.4, 0.5) is 5.82 Å². The summed E-state index contributed by atoms with van der Waals surface area (Å²) in [7, 11) is 0. The predicted molar refractivity (Wildman–Crippen MR) is 77.1 cm³/mol. The number of benzene rings is 1. The van der Waals surface area contributed by atoms with Crippen LogP contribution >= 0.6 is 0 Å². The summed E-state index contributed by atoms with van der Waals surface area (Å²) in [5.41, 5.74) is 1.16. The summed E-state index contributed by atoms with van der Waals surface area (Å²) in [5, 5.41) is 2.60. The van der Waals surface area contributed by atoms with E-state index in [0.717, 1.165) is 0 Å². The van der Waals surface area contributed by atoms with Crippen molar-refractivity contribution in [1.82, 2.24) is 19.9 Å². The SMILES string of the molecule is Cc1cnc2[nH]c(=O)nc(NC(=O)c3ccccc3)c2n1. The minimum atomic E-state index is -0.594. The molecule has 0 radical (unpaired) electrons. The highest BCUT2D eigenvalue weighted by molar-refractivity contribution is 6.06. The Kier molecular flexibility index (Phi) is 3.15. The van der Waals surface area contributed by atoms with Gasteiger partial charge in [0.05, 0.1) is 11.9 Å². The number of aromatic amines is 1. The van der Waals surface area contributed by atoms with E-state index in [1.165, 1.54) is 6.20 Å². The van der Waals surface area contributed by atoms with Crippen molar-refractivity contribution in [3.63, 3.8) is 0 Å². The van der Waals surface area contributed by atoms with Crippen molar-refractivity contribution in [2.45, 2.75) is 6.92 Å². The largest absolute Gasteiger partial charge is 0.348 e. The van der Waals surface area contributed by atoms with Crippen LogP contribution in [0.25, 0.3) is 11.2 Å². The van der Waals surface area contributed by atoms with Gasteiger partial charge in [0.2, 0.25) is 0 Å². The molecule has 0 atom stereocenters. The van der Waals surface area contributed by atoms with Crippen LogP contribution in [0.15, 0.2) is 41.3 Å². The van der Waals surface area contributed by atoms with Crippen LogP contribution < -0.4 is 11.0 Å². The van der Waals surface area contributed by atoms with Crippen LogP contribution in [0.3, 0.4) is 0 Å². The highest BCUT2D eigenvalue weighted by Crippen LogP contribution is 2.14. The Hall–Kier alpha value is -3.09. The Balaban J connectivity index is 2.06. The van der Waals surface area contributed by atoms with E-state index in [-0.39, 0.29) is 17.4 Å². The molecular weight excluding hydrogens is 270 g/mol. The molecule has 0 saturated heterocycles. The van der Waals surface area contributed by atoms with Crippen molar-refractivity contribution in [3.8, 4) is 0 Å². The number of carbonyl (C=O) groups is 1. The molecule has 0 bridgehead atoms. The number of fused-ring (bicyclic) bond motifs is 1. The number of nitrogens with zero attached hydrogens (tertiary/aromatic N) is 3. The number of hydrogen-bond acceptors (Lipinski definition) is 5. The molecule has 3 aromatic rings. The first-order chi connectivity index (χ1) is 10.1. The molecule has 0 aliphatic heterocycles. The molecule has 2 N–H and O–H groups in total. The van der Waals surface area contributed by atoms with Crippen LogP contribution in [0.2, 0.25) is 0 Å². The molecule has 104 valence electrons. The van der Waals surface area contributed by atoms with Crippen molar-refractivity contribution in [2.75, 3.05) is 5.32 Å². The normalized spacial score (nSPS) is 10.5. The predicted octanol–water partition coefficient (Wildman–Crippen LogP) is 1.27. The standard InChI is InChI=1S/C14H11N5O2/c1-8-7-15-11-10(16-8)12(19-14(21)18-11)17-13(20)9-5-3-2-4-6-9/h2-7H,1H3,(H2,15,17,18,19,20,21). The maximum atomic E-state index is 12.1. The zero-order chi connectivity index (χ0) is 14.8. The fourth-order valence-corrected chi connectivity index (χ4v) is 1.87. The van der Waals surface area contributed by atoms with Crippen LogP contribution in [-0.4, -0.2) is 25.8 Å². The summed E-state index contributed by atoms with van der Waals surface area (Å²) in [6.45, 7) is 1.76. The fraction of sp³-hybridized carbons (Fsp3) is 0.0714. The second kappa shape index (κ2) is 5.12. The van der Waals surface area contributed by atoms with Crippen molar-refractivity contribution in [3.05, 3.63) is 58.3 Å². The molecule has 0 aliphatic carbocycles. The number of aromatic nitrogens is 4. The van der Waals surface area contributed by atoms with Crippen molar-refractivity contribution >= 4 is 22.9 Å². The highest BCUT2D eigenvalue weighted by Gasteiger charge is 2.12. The van der Waals surface area contributed by atoms with Crippen molar-refractivity contribution in [1.29, 1.82) is 0 Å². The average molecular weight is 281 g/mol. The average Bonchev–Trinajstić information content (AvgIpc) is 2.49. The van der Waals surface area contributed by atoms with Crippen LogP contribution in [0.1, 0.15) is 16.1 Å². The number of hydrogen-bond donors (Lipinski definition) is 2. The number of anilines is 1. The maximum Gasteiger partial charge on any atom is 0.348 e. The van der Waals surface area contributed by atoms with Gasteiger partial charge in [-0.3, -0.25) is 9.78 Å². The molecule has 0 unspecified atom stereocenters. The molecule has 0 fully saturated rings. The summed E-state index contributed by atoms with van der Waals surface area (Å²) in [5.74, 6) is -0.267. The quantitative estimate of drug-likeness (QED) is 0.736. The molecule has 2 heterocycles. The van der Waals surface area contributed by atoms with Gasteiger partial charge in [0.25, 0.3) is 5.91 Å². The number of aryl methyl sites for hydroxylation is 1. The minimum absolute atomic E-state index is 0.0961. The molecular formula is C14H11N5O2. The third kappa shape index (κ3) is 2.62. The molecule has 21 heavy (non-hydrogen) atoms. The molecule has 2 aromatic heterocycles. The third-order valence-electron chi connectivity index (χ3n) is 2.82. The van der Waals surface area contributed by atoms with E-state index < -0.39 is 5.69 Å². The summed E-state index contributed by atoms with van der Waals surface area (Å²) in [6, 6.07) is 8.65. The molecule has 0 saturated carbocycles. The van der Waals surface area contributed by atoms with Gasteiger partial charge in [-0.05, 0) is 19.1 Å². The lowest BCUT2D eigenvalue weighted by atomic mass is 10.2. The third-order valence-corrected chi connectivity index (χ3v) is 2.82. The fourth-order valence-electron chi connectivity index (χ4n) is 1.87. The molecule has 0 aliphatic rings. The van der Waals surface area contributed by atoms with E-state index in [0.29, 0.717) is 16.8 Å². The summed E-state index contributed by atoms with van der Waals surface area (Å²) < 4.78 is 0. The number of H-pyrrole nitrogens is 1. The Bertz CT molecular complexity index is 873.